The molecule has 10 heteroatoms. The zero-order valence-corrected chi connectivity index (χ0v) is 10.9. The number of halogens is 3. The molecule has 0 aliphatic rings. The van der Waals surface area contributed by atoms with Crippen LogP contribution in [0.5, 0.6) is 0 Å². The fraction of sp³-hybridized carbons (Fsp3) is 0.875. The highest BCUT2D eigenvalue weighted by Gasteiger charge is 2.37. The standard InChI is InChI=1S/C8H15F3N2O4S/c1-7(2,3)13(4-6(14)15)18(16,17)12-5-8(9,10)11/h12H,4-5H2,1-3H3,(H,14,15). The molecule has 0 rings (SSSR count). The van der Waals surface area contributed by atoms with Crippen molar-refractivity contribution in [1.29, 1.82) is 0 Å². The molecule has 0 heterocycles. The normalized spacial score (nSPS) is 13.9. The van der Waals surface area contributed by atoms with Crippen molar-refractivity contribution in [3.8, 4) is 0 Å². The van der Waals surface area contributed by atoms with E-state index >= 15 is 0 Å². The zero-order valence-electron chi connectivity index (χ0n) is 10.1. The maximum absolute atomic E-state index is 11.9. The topological polar surface area (TPSA) is 86.7 Å². The highest BCUT2D eigenvalue weighted by atomic mass is 32.2. The summed E-state index contributed by atoms with van der Waals surface area (Å²) in [6.07, 6.45) is -4.71. The number of hydrogen-bond acceptors (Lipinski definition) is 3. The number of carboxylic acids is 1. The molecular formula is C8H15F3N2O4S. The van der Waals surface area contributed by atoms with E-state index < -0.39 is 41.0 Å². The van der Waals surface area contributed by atoms with Gasteiger partial charge in [-0.2, -0.15) is 30.6 Å². The molecule has 18 heavy (non-hydrogen) atoms. The maximum atomic E-state index is 11.9. The first kappa shape index (κ1) is 17.1. The third kappa shape index (κ3) is 6.17. The van der Waals surface area contributed by atoms with Crippen LogP contribution >= 0.6 is 0 Å². The van der Waals surface area contributed by atoms with Gasteiger partial charge < -0.3 is 5.11 Å². The number of hydrogen-bond donors (Lipinski definition) is 2. The van der Waals surface area contributed by atoms with Crippen molar-refractivity contribution in [3.05, 3.63) is 0 Å². The molecule has 108 valence electrons. The average molecular weight is 292 g/mol. The van der Waals surface area contributed by atoms with E-state index in [1.54, 1.807) is 0 Å². The SMILES string of the molecule is CC(C)(C)N(CC(=O)O)S(=O)(=O)NCC(F)(F)F. The molecule has 6 nitrogen and oxygen atoms in total. The van der Waals surface area contributed by atoms with E-state index in [0.29, 0.717) is 4.31 Å². The fourth-order valence-corrected chi connectivity index (χ4v) is 2.56. The van der Waals surface area contributed by atoms with Gasteiger partial charge in [0.15, 0.2) is 0 Å². The molecule has 0 aliphatic carbocycles. The lowest BCUT2D eigenvalue weighted by molar-refractivity contribution is -0.138. The summed E-state index contributed by atoms with van der Waals surface area (Å²) in [6, 6.07) is 0. The predicted molar refractivity (Wildman–Crippen MR) is 57.1 cm³/mol. The second-order valence-corrected chi connectivity index (χ2v) is 6.19. The summed E-state index contributed by atoms with van der Waals surface area (Å²) < 4.78 is 60.8. The van der Waals surface area contributed by atoms with Gasteiger partial charge in [-0.25, -0.2) is 0 Å². The van der Waals surface area contributed by atoms with E-state index in [4.69, 9.17) is 5.11 Å². The molecule has 0 aromatic heterocycles. The van der Waals surface area contributed by atoms with Gasteiger partial charge in [0, 0.05) is 5.54 Å². The van der Waals surface area contributed by atoms with Gasteiger partial charge in [0.05, 0.1) is 0 Å². The lowest BCUT2D eigenvalue weighted by Crippen LogP contribution is -2.53. The molecule has 0 saturated carbocycles. The van der Waals surface area contributed by atoms with Crippen LogP contribution in [0.25, 0.3) is 0 Å². The first-order valence-corrected chi connectivity index (χ1v) is 6.26. The van der Waals surface area contributed by atoms with Crippen LogP contribution < -0.4 is 4.72 Å². The summed E-state index contributed by atoms with van der Waals surface area (Å²) in [5, 5.41) is 8.58. The van der Waals surface area contributed by atoms with Crippen LogP contribution in [0.4, 0.5) is 13.2 Å². The Morgan fingerprint density at radius 2 is 1.72 bits per heavy atom. The second kappa shape index (κ2) is 5.41. The summed E-state index contributed by atoms with van der Waals surface area (Å²) in [5.74, 6) is -1.46. The number of carbonyl (C=O) groups is 1. The molecule has 2 N–H and O–H groups in total. The third-order valence-corrected chi connectivity index (χ3v) is 3.54. The number of nitrogens with one attached hydrogen (secondary N) is 1. The van der Waals surface area contributed by atoms with Gasteiger partial charge in [-0.15, -0.1) is 0 Å². The Bertz CT molecular complexity index is 400. The van der Waals surface area contributed by atoms with E-state index in [9.17, 15) is 26.4 Å². The van der Waals surface area contributed by atoms with Crippen molar-refractivity contribution < 1.29 is 31.5 Å². The molecule has 0 atom stereocenters. The van der Waals surface area contributed by atoms with Crippen LogP contribution in [-0.2, 0) is 15.0 Å². The van der Waals surface area contributed by atoms with Crippen molar-refractivity contribution >= 4 is 16.2 Å². The fourth-order valence-electron chi connectivity index (χ4n) is 1.06. The molecule has 0 aromatic rings. The Balaban J connectivity index is 5.05. The zero-order chi connectivity index (χ0) is 14.8. The van der Waals surface area contributed by atoms with E-state index in [2.05, 4.69) is 0 Å². The van der Waals surface area contributed by atoms with E-state index in [1.807, 2.05) is 0 Å². The highest BCUT2D eigenvalue weighted by Crippen LogP contribution is 2.18. The van der Waals surface area contributed by atoms with Gasteiger partial charge in [-0.05, 0) is 20.8 Å². The van der Waals surface area contributed by atoms with Crippen molar-refractivity contribution in [1.82, 2.24) is 9.03 Å². The summed E-state index contributed by atoms with van der Waals surface area (Å²) in [7, 11) is -4.53. The van der Waals surface area contributed by atoms with Crippen LogP contribution in [0.1, 0.15) is 20.8 Å². The van der Waals surface area contributed by atoms with Gasteiger partial charge in [0.2, 0.25) is 0 Å². The number of alkyl halides is 3. The van der Waals surface area contributed by atoms with E-state index in [1.165, 1.54) is 25.5 Å². The third-order valence-electron chi connectivity index (χ3n) is 1.77. The van der Waals surface area contributed by atoms with Crippen molar-refractivity contribution in [2.75, 3.05) is 13.1 Å². The Labute approximate surface area is 103 Å². The largest absolute Gasteiger partial charge is 0.480 e. The van der Waals surface area contributed by atoms with Gasteiger partial charge >= 0.3 is 12.1 Å². The summed E-state index contributed by atoms with van der Waals surface area (Å²) in [5.41, 5.74) is -1.16. The minimum Gasteiger partial charge on any atom is -0.480 e. The van der Waals surface area contributed by atoms with Gasteiger partial charge in [0.1, 0.15) is 13.1 Å². The van der Waals surface area contributed by atoms with Crippen LogP contribution in [0.3, 0.4) is 0 Å². The smallest absolute Gasteiger partial charge is 0.402 e. The van der Waals surface area contributed by atoms with Gasteiger partial charge in [-0.3, -0.25) is 4.79 Å². The minimum atomic E-state index is -4.71. The van der Waals surface area contributed by atoms with Crippen LogP contribution in [0.2, 0.25) is 0 Å². The first-order chi connectivity index (χ1) is 7.76. The first-order valence-electron chi connectivity index (χ1n) is 4.82. The van der Waals surface area contributed by atoms with E-state index in [-0.39, 0.29) is 0 Å². The minimum absolute atomic E-state index is 0.452. The number of nitrogens with zero attached hydrogens (tertiary/aromatic N) is 1. The Morgan fingerprint density at radius 3 is 2.00 bits per heavy atom. The molecule has 0 saturated heterocycles. The summed E-state index contributed by atoms with van der Waals surface area (Å²) >= 11 is 0. The molecule has 0 fully saturated rings. The Hall–Kier alpha value is -0.870. The molecule has 0 radical (unpaired) electrons. The molecular weight excluding hydrogens is 277 g/mol. The van der Waals surface area contributed by atoms with Crippen molar-refractivity contribution in [2.24, 2.45) is 0 Å². The summed E-state index contributed by atoms with van der Waals surface area (Å²) in [4.78, 5) is 10.5. The van der Waals surface area contributed by atoms with Crippen molar-refractivity contribution in [2.45, 2.75) is 32.5 Å². The monoisotopic (exact) mass is 292 g/mol. The van der Waals surface area contributed by atoms with Crippen LogP contribution in [0, 0.1) is 0 Å². The number of aliphatic carboxylic acids is 1. The lowest BCUT2D eigenvalue weighted by Gasteiger charge is -2.33. The van der Waals surface area contributed by atoms with Gasteiger partial charge in [0.25, 0.3) is 10.2 Å². The maximum Gasteiger partial charge on any atom is 0.402 e. The molecule has 0 spiro atoms. The van der Waals surface area contributed by atoms with Crippen molar-refractivity contribution in [3.63, 3.8) is 0 Å². The quantitative estimate of drug-likeness (QED) is 0.775. The second-order valence-electron chi connectivity index (χ2n) is 4.51. The van der Waals surface area contributed by atoms with Gasteiger partial charge in [-0.1, -0.05) is 0 Å². The molecule has 0 aliphatic heterocycles. The summed E-state index contributed by atoms with van der Waals surface area (Å²) in [6.45, 7) is 1.46. The van der Waals surface area contributed by atoms with E-state index in [0.717, 1.165) is 0 Å². The van der Waals surface area contributed by atoms with Crippen LogP contribution in [0.15, 0.2) is 0 Å². The molecule has 0 aromatic carbocycles. The molecule has 0 unspecified atom stereocenters. The number of rotatable bonds is 5. The Morgan fingerprint density at radius 1 is 1.28 bits per heavy atom. The number of carboxylic acid groups (broad SMARTS) is 1. The molecule has 0 amide bonds. The molecule has 0 bridgehead atoms. The van der Waals surface area contributed by atoms with Crippen LogP contribution in [-0.4, -0.2) is 48.6 Å². The highest BCUT2D eigenvalue weighted by molar-refractivity contribution is 7.87. The predicted octanol–water partition coefficient (Wildman–Crippen LogP) is 0.568. The average Bonchev–Trinajstić information content (AvgIpc) is 2.08. The lowest BCUT2D eigenvalue weighted by atomic mass is 10.1. The Kier molecular flexibility index (Phi) is 5.15.